The van der Waals surface area contributed by atoms with Gasteiger partial charge in [0, 0.05) is 14.1 Å². The summed E-state index contributed by atoms with van der Waals surface area (Å²) in [6.45, 7) is -0.460. The van der Waals surface area contributed by atoms with Crippen molar-refractivity contribution >= 4 is 18.3 Å². The van der Waals surface area contributed by atoms with Gasteiger partial charge in [-0.05, 0) is 0 Å². The lowest BCUT2D eigenvalue weighted by atomic mass is 10.4. The predicted molar refractivity (Wildman–Crippen MR) is 44.0 cm³/mol. The van der Waals surface area contributed by atoms with Crippen molar-refractivity contribution in [1.82, 2.24) is 9.80 Å². The Labute approximate surface area is 75.7 Å². The van der Waals surface area contributed by atoms with Crippen molar-refractivity contribution < 1.29 is 19.5 Å². The smallest absolute Gasteiger partial charge is 0.323 e. The number of hydrogen-bond acceptors (Lipinski definition) is 3. The summed E-state index contributed by atoms with van der Waals surface area (Å²) in [6, 6.07) is 0. The summed E-state index contributed by atoms with van der Waals surface area (Å²) < 4.78 is 0. The molecule has 1 N–H and O–H groups in total. The van der Waals surface area contributed by atoms with Crippen LogP contribution in [0.25, 0.3) is 0 Å². The number of carbonyl (C=O) groups is 3. The lowest BCUT2D eigenvalue weighted by Crippen LogP contribution is -2.38. The van der Waals surface area contributed by atoms with Crippen LogP contribution in [-0.4, -0.2) is 60.4 Å². The fraction of sp³-hybridized carbons (Fsp3) is 0.571. The van der Waals surface area contributed by atoms with E-state index >= 15 is 0 Å². The van der Waals surface area contributed by atoms with Crippen molar-refractivity contribution in [2.45, 2.75) is 0 Å². The molecule has 2 amide bonds. The normalized spacial score (nSPS) is 9.08. The van der Waals surface area contributed by atoms with E-state index in [-0.39, 0.29) is 13.1 Å². The molecule has 0 saturated carbocycles. The molecule has 6 nitrogen and oxygen atoms in total. The van der Waals surface area contributed by atoms with Crippen LogP contribution in [0.3, 0.4) is 0 Å². The second-order valence-electron chi connectivity index (χ2n) is 2.66. The van der Waals surface area contributed by atoms with Crippen LogP contribution in [0.4, 0.5) is 0 Å². The monoisotopic (exact) mass is 188 g/mol. The molecular formula is C7H12N2O4. The van der Waals surface area contributed by atoms with Gasteiger partial charge < -0.3 is 14.9 Å². The fourth-order valence-electron chi connectivity index (χ4n) is 0.662. The summed E-state index contributed by atoms with van der Waals surface area (Å²) in [4.78, 5) is 33.6. The third-order valence-electron chi connectivity index (χ3n) is 1.36. The summed E-state index contributed by atoms with van der Waals surface area (Å²) >= 11 is 0. The largest absolute Gasteiger partial charge is 0.480 e. The first-order valence-corrected chi connectivity index (χ1v) is 3.58. The fourth-order valence-corrected chi connectivity index (χ4v) is 0.662. The number of nitrogens with zero attached hydrogens (tertiary/aromatic N) is 2. The minimum absolute atomic E-state index is 0.104. The molecule has 6 heteroatoms. The van der Waals surface area contributed by atoms with Crippen molar-refractivity contribution in [2.75, 3.05) is 27.2 Å². The first-order chi connectivity index (χ1) is 5.97. The van der Waals surface area contributed by atoms with Crippen LogP contribution >= 0.6 is 0 Å². The molecule has 0 saturated heterocycles. The van der Waals surface area contributed by atoms with E-state index in [1.54, 1.807) is 0 Å². The van der Waals surface area contributed by atoms with Gasteiger partial charge in [-0.3, -0.25) is 14.4 Å². The zero-order valence-electron chi connectivity index (χ0n) is 7.56. The van der Waals surface area contributed by atoms with E-state index in [0.29, 0.717) is 6.41 Å². The third-order valence-corrected chi connectivity index (χ3v) is 1.36. The van der Waals surface area contributed by atoms with Crippen molar-refractivity contribution in [1.29, 1.82) is 0 Å². The molecule has 0 aliphatic heterocycles. The van der Waals surface area contributed by atoms with Crippen LogP contribution in [-0.2, 0) is 14.4 Å². The maximum Gasteiger partial charge on any atom is 0.323 e. The first kappa shape index (κ1) is 11.4. The Bertz CT molecular complexity index is 217. The Balaban J connectivity index is 3.95. The molecule has 0 rings (SSSR count). The molecule has 0 spiro atoms. The molecule has 13 heavy (non-hydrogen) atoms. The number of amides is 2. The van der Waals surface area contributed by atoms with Crippen molar-refractivity contribution in [2.24, 2.45) is 0 Å². The van der Waals surface area contributed by atoms with Crippen LogP contribution in [0.1, 0.15) is 0 Å². The third kappa shape index (κ3) is 4.78. The topological polar surface area (TPSA) is 77.9 Å². The lowest BCUT2D eigenvalue weighted by molar-refractivity contribution is -0.144. The predicted octanol–water partition coefficient (Wildman–Crippen LogP) is -1.38. The van der Waals surface area contributed by atoms with Crippen LogP contribution in [0.2, 0.25) is 0 Å². The van der Waals surface area contributed by atoms with Gasteiger partial charge in [0.2, 0.25) is 12.3 Å². The van der Waals surface area contributed by atoms with Crippen LogP contribution in [0.5, 0.6) is 0 Å². The first-order valence-electron chi connectivity index (χ1n) is 3.58. The molecule has 0 unspecified atom stereocenters. The summed E-state index contributed by atoms with van der Waals surface area (Å²) in [5.41, 5.74) is 0. The van der Waals surface area contributed by atoms with Gasteiger partial charge in [-0.2, -0.15) is 0 Å². The molecule has 0 aromatic rings. The highest BCUT2D eigenvalue weighted by Gasteiger charge is 2.12. The molecule has 0 aliphatic rings. The second kappa shape index (κ2) is 5.13. The Morgan fingerprint density at radius 3 is 2.23 bits per heavy atom. The Hall–Kier alpha value is -1.59. The maximum absolute atomic E-state index is 11.1. The highest BCUT2D eigenvalue weighted by atomic mass is 16.4. The Morgan fingerprint density at radius 2 is 1.85 bits per heavy atom. The average molecular weight is 188 g/mol. The number of carboxylic acids is 1. The van der Waals surface area contributed by atoms with Gasteiger partial charge in [0.15, 0.2) is 0 Å². The van der Waals surface area contributed by atoms with E-state index in [4.69, 9.17) is 5.11 Å². The Morgan fingerprint density at radius 1 is 1.31 bits per heavy atom. The summed E-state index contributed by atoms with van der Waals surface area (Å²) in [7, 11) is 2.81. The summed E-state index contributed by atoms with van der Waals surface area (Å²) in [5, 5.41) is 8.35. The highest BCUT2D eigenvalue weighted by molar-refractivity contribution is 5.83. The van der Waals surface area contributed by atoms with Gasteiger partial charge in [0.1, 0.15) is 6.54 Å². The number of likely N-dealkylation sites (N-methyl/N-ethyl adjacent to an activating group) is 2. The molecule has 0 aliphatic carbocycles. The van der Waals surface area contributed by atoms with Gasteiger partial charge in [-0.15, -0.1) is 0 Å². The lowest BCUT2D eigenvalue weighted by Gasteiger charge is -2.17. The molecule has 0 radical (unpaired) electrons. The van der Waals surface area contributed by atoms with E-state index in [1.165, 1.54) is 14.1 Å². The van der Waals surface area contributed by atoms with E-state index in [2.05, 4.69) is 0 Å². The molecule has 0 bridgehead atoms. The number of carbonyl (C=O) groups excluding carboxylic acids is 2. The van der Waals surface area contributed by atoms with Crippen LogP contribution in [0.15, 0.2) is 0 Å². The second-order valence-corrected chi connectivity index (χ2v) is 2.66. The molecule has 0 atom stereocenters. The minimum Gasteiger partial charge on any atom is -0.480 e. The standard InChI is InChI=1S/C7H12N2O4/c1-8(5-10)3-6(11)9(2)4-7(12)13/h5H,3-4H2,1-2H3,(H,12,13). The molecular weight excluding hydrogens is 176 g/mol. The molecule has 0 heterocycles. The van der Waals surface area contributed by atoms with Crippen molar-refractivity contribution in [3.63, 3.8) is 0 Å². The summed E-state index contributed by atoms with van der Waals surface area (Å²) in [5.74, 6) is -1.48. The SMILES string of the molecule is CN(C=O)CC(=O)N(C)CC(=O)O. The minimum atomic E-state index is -1.08. The Kier molecular flexibility index (Phi) is 4.50. The van der Waals surface area contributed by atoms with Crippen LogP contribution < -0.4 is 0 Å². The highest BCUT2D eigenvalue weighted by Crippen LogP contribution is 1.86. The van der Waals surface area contributed by atoms with E-state index in [9.17, 15) is 14.4 Å². The molecule has 74 valence electrons. The van der Waals surface area contributed by atoms with E-state index < -0.39 is 11.9 Å². The van der Waals surface area contributed by atoms with Gasteiger partial charge in [-0.25, -0.2) is 0 Å². The molecule has 0 fully saturated rings. The van der Waals surface area contributed by atoms with Gasteiger partial charge in [0.05, 0.1) is 6.54 Å². The number of aliphatic carboxylic acids is 1. The van der Waals surface area contributed by atoms with Crippen molar-refractivity contribution in [3.05, 3.63) is 0 Å². The van der Waals surface area contributed by atoms with Gasteiger partial charge in [-0.1, -0.05) is 0 Å². The van der Waals surface area contributed by atoms with Gasteiger partial charge in [0.25, 0.3) is 0 Å². The number of rotatable bonds is 5. The van der Waals surface area contributed by atoms with Crippen molar-refractivity contribution in [3.8, 4) is 0 Å². The number of carboxylic acid groups (broad SMARTS) is 1. The zero-order valence-corrected chi connectivity index (χ0v) is 7.56. The van der Waals surface area contributed by atoms with Gasteiger partial charge >= 0.3 is 5.97 Å². The van der Waals surface area contributed by atoms with E-state index in [1.807, 2.05) is 0 Å². The van der Waals surface area contributed by atoms with Crippen LogP contribution in [0, 0.1) is 0 Å². The van der Waals surface area contributed by atoms with E-state index in [0.717, 1.165) is 9.80 Å². The molecule has 0 aromatic heterocycles. The summed E-state index contributed by atoms with van der Waals surface area (Å²) in [6.07, 6.45) is 0.506. The quantitative estimate of drug-likeness (QED) is 0.539. The molecule has 0 aromatic carbocycles. The number of hydrogen-bond donors (Lipinski definition) is 1. The zero-order chi connectivity index (χ0) is 10.4. The maximum atomic E-state index is 11.1. The average Bonchev–Trinajstić information content (AvgIpc) is 2.02.